The molecule has 7 heteroatoms. The summed E-state index contributed by atoms with van der Waals surface area (Å²) in [7, 11) is 0. The molecule has 0 saturated carbocycles. The van der Waals surface area contributed by atoms with Crippen molar-refractivity contribution in [2.75, 3.05) is 13.2 Å². The highest BCUT2D eigenvalue weighted by atomic mass is 16.6. The van der Waals surface area contributed by atoms with Gasteiger partial charge in [-0.2, -0.15) is 5.10 Å². The summed E-state index contributed by atoms with van der Waals surface area (Å²) in [6.45, 7) is 10.4. The molecule has 2 saturated heterocycles. The molecule has 4 rings (SSSR count). The molecule has 2 aliphatic rings. The summed E-state index contributed by atoms with van der Waals surface area (Å²) in [4.78, 5) is 14.6. The molecule has 2 atom stereocenters. The number of piperidine rings is 1. The Hall–Kier alpha value is -2.38. The van der Waals surface area contributed by atoms with Gasteiger partial charge in [-0.05, 0) is 58.4 Å². The zero-order valence-electron chi connectivity index (χ0n) is 18.4. The second-order valence-electron chi connectivity index (χ2n) is 9.56. The third kappa shape index (κ3) is 3.96. The number of aryl methyl sites for hydroxylation is 2. The van der Waals surface area contributed by atoms with Gasteiger partial charge in [0.15, 0.2) is 0 Å². The number of hydrogen-bond acceptors (Lipinski definition) is 5. The number of aromatic nitrogens is 2. The van der Waals surface area contributed by atoms with Gasteiger partial charge in [0.1, 0.15) is 5.60 Å². The third-order valence-electron chi connectivity index (χ3n) is 5.80. The van der Waals surface area contributed by atoms with E-state index in [4.69, 9.17) is 9.47 Å². The van der Waals surface area contributed by atoms with Gasteiger partial charge >= 0.3 is 6.09 Å². The number of rotatable bonds is 2. The number of nitrogens with zero attached hydrogens (tertiary/aromatic N) is 3. The van der Waals surface area contributed by atoms with Crippen LogP contribution in [0.4, 0.5) is 4.79 Å². The van der Waals surface area contributed by atoms with Crippen molar-refractivity contribution in [2.45, 2.75) is 70.7 Å². The first-order valence-electron chi connectivity index (χ1n) is 10.5. The highest BCUT2D eigenvalue weighted by molar-refractivity contribution is 5.69. The Labute approximate surface area is 177 Å². The molecule has 162 valence electrons. The molecule has 30 heavy (non-hydrogen) atoms. The lowest BCUT2D eigenvalue weighted by atomic mass is 9.77. The van der Waals surface area contributed by atoms with E-state index in [0.717, 1.165) is 22.6 Å². The Balaban J connectivity index is 1.62. The van der Waals surface area contributed by atoms with Gasteiger partial charge in [0, 0.05) is 18.5 Å². The molecular formula is C23H31N3O4. The monoisotopic (exact) mass is 413 g/mol. The fourth-order valence-corrected chi connectivity index (χ4v) is 4.64. The molecule has 2 unspecified atom stereocenters. The Kier molecular flexibility index (Phi) is 5.14. The van der Waals surface area contributed by atoms with E-state index in [0.29, 0.717) is 26.1 Å². The van der Waals surface area contributed by atoms with E-state index in [-0.39, 0.29) is 18.2 Å². The Morgan fingerprint density at radius 2 is 1.87 bits per heavy atom. The summed E-state index contributed by atoms with van der Waals surface area (Å²) in [5.74, 6) is 0. The first kappa shape index (κ1) is 20.9. The molecule has 2 aliphatic heterocycles. The number of benzene rings is 1. The van der Waals surface area contributed by atoms with Crippen molar-refractivity contribution >= 4 is 6.09 Å². The number of carbonyl (C=O) groups is 1. The summed E-state index contributed by atoms with van der Waals surface area (Å²) in [6.07, 6.45) is 0.478. The molecule has 1 N–H and O–H groups in total. The van der Waals surface area contributed by atoms with E-state index in [1.165, 1.54) is 0 Å². The number of morpholine rings is 1. The minimum atomic E-state index is -1.04. The summed E-state index contributed by atoms with van der Waals surface area (Å²) in [6, 6.07) is 9.47. The van der Waals surface area contributed by atoms with Crippen molar-refractivity contribution in [3.8, 4) is 5.69 Å². The number of aliphatic hydroxyl groups is 1. The summed E-state index contributed by atoms with van der Waals surface area (Å²) in [5.41, 5.74) is 2.16. The molecule has 0 spiro atoms. The van der Waals surface area contributed by atoms with Crippen LogP contribution in [0.5, 0.6) is 0 Å². The van der Waals surface area contributed by atoms with Crippen molar-refractivity contribution in [1.29, 1.82) is 0 Å². The van der Waals surface area contributed by atoms with Crippen molar-refractivity contribution in [3.05, 3.63) is 47.3 Å². The normalized spacial score (nSPS) is 26.5. The lowest BCUT2D eigenvalue weighted by molar-refractivity contribution is -0.141. The zero-order chi connectivity index (χ0) is 21.7. The van der Waals surface area contributed by atoms with E-state index in [9.17, 15) is 9.90 Å². The van der Waals surface area contributed by atoms with Crippen molar-refractivity contribution in [1.82, 2.24) is 14.7 Å². The second kappa shape index (κ2) is 7.39. The number of carbonyl (C=O) groups excluding carboxylic acids is 1. The van der Waals surface area contributed by atoms with Crippen LogP contribution >= 0.6 is 0 Å². The highest BCUT2D eigenvalue weighted by Crippen LogP contribution is 2.42. The van der Waals surface area contributed by atoms with Crippen LogP contribution in [-0.4, -0.2) is 56.8 Å². The van der Waals surface area contributed by atoms with Crippen molar-refractivity contribution < 1.29 is 19.4 Å². The molecule has 1 amide bonds. The van der Waals surface area contributed by atoms with Crippen LogP contribution in [0.2, 0.25) is 0 Å². The topological polar surface area (TPSA) is 76.8 Å². The number of fused-ring (bicyclic) bond motifs is 2. The van der Waals surface area contributed by atoms with E-state index >= 15 is 0 Å². The Morgan fingerprint density at radius 3 is 2.43 bits per heavy atom. The van der Waals surface area contributed by atoms with Crippen LogP contribution < -0.4 is 0 Å². The van der Waals surface area contributed by atoms with Gasteiger partial charge in [0.05, 0.1) is 42.3 Å². The molecule has 2 aromatic rings. The summed E-state index contributed by atoms with van der Waals surface area (Å²) >= 11 is 0. The average molecular weight is 414 g/mol. The summed E-state index contributed by atoms with van der Waals surface area (Å²) < 4.78 is 13.2. The lowest BCUT2D eigenvalue weighted by Crippen LogP contribution is -2.63. The van der Waals surface area contributed by atoms with Gasteiger partial charge < -0.3 is 14.6 Å². The third-order valence-corrected chi connectivity index (χ3v) is 5.80. The fraction of sp³-hybridized carbons (Fsp3) is 0.565. The van der Waals surface area contributed by atoms with Crippen LogP contribution in [0, 0.1) is 13.8 Å². The van der Waals surface area contributed by atoms with Crippen LogP contribution in [0.1, 0.15) is 50.6 Å². The number of amides is 1. The van der Waals surface area contributed by atoms with Crippen molar-refractivity contribution in [3.63, 3.8) is 0 Å². The quantitative estimate of drug-likeness (QED) is 0.816. The predicted molar refractivity (Wildman–Crippen MR) is 113 cm³/mol. The first-order valence-corrected chi connectivity index (χ1v) is 10.5. The molecule has 2 fully saturated rings. The highest BCUT2D eigenvalue weighted by Gasteiger charge is 2.49. The maximum absolute atomic E-state index is 12.8. The van der Waals surface area contributed by atoms with Gasteiger partial charge in [-0.25, -0.2) is 9.48 Å². The zero-order valence-corrected chi connectivity index (χ0v) is 18.4. The van der Waals surface area contributed by atoms with Crippen LogP contribution in [0.15, 0.2) is 30.3 Å². The van der Waals surface area contributed by atoms with Crippen LogP contribution in [-0.2, 0) is 15.1 Å². The largest absolute Gasteiger partial charge is 0.444 e. The average Bonchev–Trinajstić information content (AvgIpc) is 2.98. The van der Waals surface area contributed by atoms with Gasteiger partial charge in [-0.1, -0.05) is 12.1 Å². The summed E-state index contributed by atoms with van der Waals surface area (Å²) in [5, 5.41) is 16.2. The molecule has 7 nitrogen and oxygen atoms in total. The van der Waals surface area contributed by atoms with Crippen molar-refractivity contribution in [2.24, 2.45) is 0 Å². The minimum Gasteiger partial charge on any atom is -0.444 e. The molecule has 1 aromatic carbocycles. The first-order chi connectivity index (χ1) is 14.1. The lowest BCUT2D eigenvalue weighted by Gasteiger charge is -2.51. The molecule has 0 radical (unpaired) electrons. The predicted octanol–water partition coefficient (Wildman–Crippen LogP) is 3.48. The Bertz CT molecular complexity index is 932. The van der Waals surface area contributed by atoms with E-state index in [2.05, 4.69) is 5.10 Å². The Morgan fingerprint density at radius 1 is 1.20 bits per heavy atom. The van der Waals surface area contributed by atoms with Crippen LogP contribution in [0.3, 0.4) is 0 Å². The molecule has 0 aliphatic carbocycles. The number of hydrogen-bond donors (Lipinski definition) is 1. The standard InChI is InChI=1S/C23H31N3O4/c1-15-9-16(2)26(24-15)18-8-6-7-17(10-18)23(28)11-19-13-29-14-20(12-23)25(19)21(27)30-22(3,4)5/h6-10,19-20,28H,11-14H2,1-5H3. The maximum atomic E-state index is 12.8. The smallest absolute Gasteiger partial charge is 0.410 e. The minimum absolute atomic E-state index is 0.227. The van der Waals surface area contributed by atoms with Crippen LogP contribution in [0.25, 0.3) is 5.69 Å². The van der Waals surface area contributed by atoms with Gasteiger partial charge in [0.25, 0.3) is 0 Å². The molecule has 1 aromatic heterocycles. The van der Waals surface area contributed by atoms with Gasteiger partial charge in [0.2, 0.25) is 0 Å². The van der Waals surface area contributed by atoms with Gasteiger partial charge in [-0.15, -0.1) is 0 Å². The van der Waals surface area contributed by atoms with E-state index in [1.54, 1.807) is 4.90 Å². The molecular weight excluding hydrogens is 382 g/mol. The van der Waals surface area contributed by atoms with E-state index < -0.39 is 11.2 Å². The number of ether oxygens (including phenoxy) is 2. The molecule has 3 heterocycles. The maximum Gasteiger partial charge on any atom is 0.410 e. The molecule has 2 bridgehead atoms. The van der Waals surface area contributed by atoms with Gasteiger partial charge in [-0.3, -0.25) is 4.90 Å². The fourth-order valence-electron chi connectivity index (χ4n) is 4.64. The van der Waals surface area contributed by atoms with E-state index in [1.807, 2.05) is 69.6 Å². The second-order valence-corrected chi connectivity index (χ2v) is 9.56. The SMILES string of the molecule is Cc1cc(C)n(-c2cccc(C3(O)CC4COCC(C3)N4C(=O)OC(C)(C)C)c2)n1.